The monoisotopic (exact) mass is 383 g/mol. The first-order valence-electron chi connectivity index (χ1n) is 9.24. The summed E-state index contributed by atoms with van der Waals surface area (Å²) in [6, 6.07) is 7.08. The van der Waals surface area contributed by atoms with Gasteiger partial charge < -0.3 is 25.8 Å². The Morgan fingerprint density at radius 2 is 2.07 bits per heavy atom. The number of nitrogens with two attached hydrogens (primary N) is 1. The number of hydrogen-bond donors (Lipinski definition) is 3. The molecular formula is C20H25N5O3. The molecule has 1 atom stereocenters. The van der Waals surface area contributed by atoms with Crippen LogP contribution < -0.4 is 11.1 Å². The first kappa shape index (κ1) is 19.6. The number of unbranched alkanes of at least 4 members (excludes halogenated alkanes) is 1. The van der Waals surface area contributed by atoms with E-state index in [1.807, 2.05) is 18.2 Å². The normalized spacial score (nSPS) is 15.2. The number of carbonyl (C=O) groups is 1. The van der Waals surface area contributed by atoms with E-state index in [4.69, 9.17) is 10.5 Å². The van der Waals surface area contributed by atoms with Gasteiger partial charge in [-0.1, -0.05) is 25.5 Å². The zero-order valence-electron chi connectivity index (χ0n) is 16.1. The van der Waals surface area contributed by atoms with Crippen molar-refractivity contribution in [2.24, 2.45) is 0 Å². The number of aromatic nitrogens is 2. The zero-order valence-corrected chi connectivity index (χ0v) is 16.1. The maximum absolute atomic E-state index is 11.6. The van der Waals surface area contributed by atoms with Gasteiger partial charge in [-0.3, -0.25) is 0 Å². The smallest absolute Gasteiger partial charge is 0.337 e. The molecular weight excluding hydrogens is 358 g/mol. The summed E-state index contributed by atoms with van der Waals surface area (Å²) < 4.78 is 4.71. The van der Waals surface area contributed by atoms with Crippen molar-refractivity contribution in [2.75, 3.05) is 24.7 Å². The third-order valence-electron chi connectivity index (χ3n) is 4.55. The zero-order chi connectivity index (χ0) is 20.1. The maximum atomic E-state index is 11.6. The minimum Gasteiger partial charge on any atom is -0.465 e. The van der Waals surface area contributed by atoms with Crippen LogP contribution in [0.1, 0.15) is 53.2 Å². The van der Waals surface area contributed by atoms with Gasteiger partial charge in [0.15, 0.2) is 6.23 Å². The molecule has 2 aromatic rings. The number of benzene rings is 1. The fraction of sp³-hybridized carbons (Fsp3) is 0.350. The van der Waals surface area contributed by atoms with Crippen molar-refractivity contribution in [3.63, 3.8) is 0 Å². The van der Waals surface area contributed by atoms with E-state index in [1.165, 1.54) is 7.11 Å². The van der Waals surface area contributed by atoms with Gasteiger partial charge in [0.1, 0.15) is 5.82 Å². The molecule has 0 spiro atoms. The predicted molar refractivity (Wildman–Crippen MR) is 107 cm³/mol. The fourth-order valence-electron chi connectivity index (χ4n) is 3.03. The topological polar surface area (TPSA) is 114 Å². The molecule has 8 nitrogen and oxygen atoms in total. The third kappa shape index (κ3) is 4.23. The summed E-state index contributed by atoms with van der Waals surface area (Å²) in [5, 5.41) is 14.2. The largest absolute Gasteiger partial charge is 0.465 e. The first-order chi connectivity index (χ1) is 13.5. The van der Waals surface area contributed by atoms with E-state index in [0.29, 0.717) is 29.2 Å². The van der Waals surface area contributed by atoms with Gasteiger partial charge >= 0.3 is 5.97 Å². The molecule has 4 N–H and O–H groups in total. The maximum Gasteiger partial charge on any atom is 0.337 e. The molecule has 2 heterocycles. The Labute approximate surface area is 164 Å². The lowest BCUT2D eigenvalue weighted by Crippen LogP contribution is -2.28. The molecule has 0 bridgehead atoms. The van der Waals surface area contributed by atoms with Gasteiger partial charge in [-0.25, -0.2) is 9.78 Å². The second-order valence-electron chi connectivity index (χ2n) is 6.56. The van der Waals surface area contributed by atoms with Gasteiger partial charge in [0.25, 0.3) is 0 Å². The molecule has 0 saturated carbocycles. The molecule has 148 valence electrons. The average Bonchev–Trinajstić information content (AvgIpc) is 2.70. The molecule has 0 radical (unpaired) electrons. The van der Waals surface area contributed by atoms with Crippen LogP contribution >= 0.6 is 0 Å². The molecule has 1 aliphatic rings. The second-order valence-corrected chi connectivity index (χ2v) is 6.56. The van der Waals surface area contributed by atoms with Crippen LogP contribution in [0.4, 0.5) is 11.8 Å². The highest BCUT2D eigenvalue weighted by molar-refractivity contribution is 5.89. The summed E-state index contributed by atoms with van der Waals surface area (Å²) >= 11 is 0. The average molecular weight is 383 g/mol. The van der Waals surface area contributed by atoms with Crippen molar-refractivity contribution in [1.29, 1.82) is 0 Å². The molecule has 1 unspecified atom stereocenters. The molecule has 0 aliphatic carbocycles. The van der Waals surface area contributed by atoms with Gasteiger partial charge in [-0.15, -0.1) is 0 Å². The van der Waals surface area contributed by atoms with Crippen LogP contribution in [0, 0.1) is 0 Å². The number of ether oxygens (including phenoxy) is 1. The van der Waals surface area contributed by atoms with E-state index < -0.39 is 6.23 Å². The Balaban J connectivity index is 1.80. The Kier molecular flexibility index (Phi) is 6.10. The van der Waals surface area contributed by atoms with E-state index in [2.05, 4.69) is 22.2 Å². The highest BCUT2D eigenvalue weighted by Crippen LogP contribution is 2.33. The Morgan fingerprint density at radius 1 is 1.32 bits per heavy atom. The van der Waals surface area contributed by atoms with Crippen molar-refractivity contribution >= 4 is 23.8 Å². The van der Waals surface area contributed by atoms with Crippen LogP contribution in [0.3, 0.4) is 0 Å². The van der Waals surface area contributed by atoms with Gasteiger partial charge in [0.2, 0.25) is 5.95 Å². The Hall–Kier alpha value is -3.13. The van der Waals surface area contributed by atoms with Crippen LogP contribution in [0.5, 0.6) is 0 Å². The van der Waals surface area contributed by atoms with Crippen molar-refractivity contribution in [3.8, 4) is 0 Å². The number of rotatable bonds is 7. The molecule has 8 heteroatoms. The first-order valence-corrected chi connectivity index (χ1v) is 9.24. The summed E-state index contributed by atoms with van der Waals surface area (Å²) in [4.78, 5) is 21.9. The lowest BCUT2D eigenvalue weighted by molar-refractivity contribution is 0.0296. The number of nitrogens with one attached hydrogen (secondary N) is 1. The van der Waals surface area contributed by atoms with Crippen molar-refractivity contribution < 1.29 is 14.6 Å². The van der Waals surface area contributed by atoms with Gasteiger partial charge in [0, 0.05) is 19.3 Å². The number of esters is 1. The molecule has 1 aromatic heterocycles. The number of fused-ring (bicyclic) bond motifs is 1. The van der Waals surface area contributed by atoms with E-state index >= 15 is 0 Å². The van der Waals surface area contributed by atoms with Crippen LogP contribution in [0.25, 0.3) is 6.08 Å². The number of nitrogens with zero attached hydrogens (tertiary/aromatic N) is 3. The molecule has 1 aromatic carbocycles. The van der Waals surface area contributed by atoms with E-state index in [0.717, 1.165) is 24.9 Å². The summed E-state index contributed by atoms with van der Waals surface area (Å²) in [5.41, 5.74) is 8.45. The van der Waals surface area contributed by atoms with Crippen molar-refractivity contribution in [1.82, 2.24) is 14.9 Å². The summed E-state index contributed by atoms with van der Waals surface area (Å²) in [6.07, 6.45) is 4.72. The number of carbonyl (C=O) groups excluding carboxylic acids is 1. The fourth-order valence-corrected chi connectivity index (χ4v) is 3.03. The van der Waals surface area contributed by atoms with Gasteiger partial charge in [-0.2, -0.15) is 4.98 Å². The molecule has 3 rings (SSSR count). The minimum atomic E-state index is -0.912. The van der Waals surface area contributed by atoms with Crippen LogP contribution in [0.2, 0.25) is 0 Å². The third-order valence-corrected chi connectivity index (χ3v) is 4.55. The lowest BCUT2D eigenvalue weighted by Gasteiger charge is -2.32. The Morgan fingerprint density at radius 3 is 2.75 bits per heavy atom. The van der Waals surface area contributed by atoms with E-state index in [1.54, 1.807) is 23.2 Å². The van der Waals surface area contributed by atoms with Crippen molar-refractivity contribution in [3.05, 3.63) is 52.8 Å². The summed E-state index contributed by atoms with van der Waals surface area (Å²) in [5.74, 6) is 0.344. The van der Waals surface area contributed by atoms with E-state index in [9.17, 15) is 9.90 Å². The lowest BCUT2D eigenvalue weighted by atomic mass is 10.1. The number of aliphatic hydroxyl groups is 1. The number of anilines is 2. The quantitative estimate of drug-likeness (QED) is 0.494. The second kappa shape index (κ2) is 8.71. The highest BCUT2D eigenvalue weighted by Gasteiger charge is 2.27. The predicted octanol–water partition coefficient (Wildman–Crippen LogP) is 2.53. The minimum absolute atomic E-state index is 0.168. The van der Waals surface area contributed by atoms with Crippen LogP contribution in [0.15, 0.2) is 30.5 Å². The molecule has 0 amide bonds. The van der Waals surface area contributed by atoms with Crippen LogP contribution in [-0.4, -0.2) is 39.6 Å². The van der Waals surface area contributed by atoms with Crippen molar-refractivity contribution in [2.45, 2.75) is 32.5 Å². The standard InChI is InChI=1S/C20H25N5O3/c1-3-4-10-22-17-16-15(23-20(21)24-17)9-11-25(18(16)26)12-13-5-7-14(8-6-13)19(27)28-2/h5-9,11,18,26H,3-4,10,12H2,1-2H3,(H3,21,22,23,24). The van der Waals surface area contributed by atoms with E-state index in [-0.39, 0.29) is 11.9 Å². The highest BCUT2D eigenvalue weighted by atomic mass is 16.5. The molecule has 0 saturated heterocycles. The summed E-state index contributed by atoms with van der Waals surface area (Å²) in [6.45, 7) is 3.30. The number of hydrogen-bond acceptors (Lipinski definition) is 8. The molecule has 28 heavy (non-hydrogen) atoms. The SMILES string of the molecule is CCCCNc1nc(N)nc2c1C(O)N(Cc1ccc(C(=O)OC)cc1)C=C2. The number of methoxy groups -OCH3 is 1. The summed E-state index contributed by atoms with van der Waals surface area (Å²) in [7, 11) is 1.35. The molecule has 0 fully saturated rings. The van der Waals surface area contributed by atoms with Gasteiger partial charge in [-0.05, 0) is 30.2 Å². The molecule has 1 aliphatic heterocycles. The van der Waals surface area contributed by atoms with Gasteiger partial charge in [0.05, 0.1) is 23.9 Å². The van der Waals surface area contributed by atoms with Crippen LogP contribution in [-0.2, 0) is 11.3 Å². The Bertz CT molecular complexity index is 867. The number of aliphatic hydroxyl groups excluding tert-OH is 1. The number of nitrogen functional groups attached to an aromatic ring is 1.